The lowest BCUT2D eigenvalue weighted by Gasteiger charge is -2.37. The van der Waals surface area contributed by atoms with E-state index in [1.807, 2.05) is 0 Å². The fourth-order valence-corrected chi connectivity index (χ4v) is 5.54. The zero-order chi connectivity index (χ0) is 18.2. The lowest BCUT2D eigenvalue weighted by molar-refractivity contribution is -0.137. The number of aromatic nitrogens is 1. The van der Waals surface area contributed by atoms with Crippen LogP contribution >= 0.6 is 0 Å². The van der Waals surface area contributed by atoms with Crippen molar-refractivity contribution in [2.24, 2.45) is 11.7 Å². The highest BCUT2D eigenvalue weighted by molar-refractivity contribution is 7.89. The molecule has 140 valence electrons. The van der Waals surface area contributed by atoms with Gasteiger partial charge in [0.05, 0.1) is 0 Å². The van der Waals surface area contributed by atoms with Crippen LogP contribution in [0.5, 0.6) is 0 Å². The molecule has 0 aromatic carbocycles. The number of piperazine rings is 1. The first-order chi connectivity index (χ1) is 11.8. The first kappa shape index (κ1) is 18.3. The minimum atomic E-state index is -3.64. The van der Waals surface area contributed by atoms with Crippen LogP contribution in [0, 0.1) is 19.8 Å². The van der Waals surface area contributed by atoms with Crippen LogP contribution in [0.2, 0.25) is 0 Å². The molecule has 0 spiro atoms. The normalized spacial score (nSPS) is 26.0. The van der Waals surface area contributed by atoms with Crippen molar-refractivity contribution < 1.29 is 17.7 Å². The molecule has 25 heavy (non-hydrogen) atoms. The standard InChI is InChI=1S/C16H26N4O4S/c1-11-15(12(2)24-18-11)25(22,23)20-8-6-19(7-9-20)16(21)13-4-3-5-14(17)10-13/h13-14H,3-10,17H2,1-2H3. The van der Waals surface area contributed by atoms with Crippen LogP contribution in [0.4, 0.5) is 0 Å². The topological polar surface area (TPSA) is 110 Å². The second-order valence-corrected chi connectivity index (χ2v) is 8.88. The Morgan fingerprint density at radius 2 is 1.88 bits per heavy atom. The van der Waals surface area contributed by atoms with Crippen molar-refractivity contribution in [3.8, 4) is 0 Å². The highest BCUT2D eigenvalue weighted by Gasteiger charge is 2.36. The average molecular weight is 370 g/mol. The van der Waals surface area contributed by atoms with Crippen LogP contribution < -0.4 is 5.73 Å². The zero-order valence-corrected chi connectivity index (χ0v) is 15.6. The number of hydrogen-bond donors (Lipinski definition) is 1. The van der Waals surface area contributed by atoms with Gasteiger partial charge in [-0.1, -0.05) is 11.6 Å². The number of nitrogens with two attached hydrogens (primary N) is 1. The third kappa shape index (κ3) is 3.58. The molecule has 8 nitrogen and oxygen atoms in total. The molecule has 2 aliphatic rings. The van der Waals surface area contributed by atoms with Crippen LogP contribution in [0.25, 0.3) is 0 Å². The summed E-state index contributed by atoms with van der Waals surface area (Å²) in [7, 11) is -3.64. The number of amides is 1. The van der Waals surface area contributed by atoms with Gasteiger partial charge in [-0.2, -0.15) is 4.31 Å². The van der Waals surface area contributed by atoms with Gasteiger partial charge in [0, 0.05) is 38.1 Å². The Bertz CT molecular complexity index is 718. The summed E-state index contributed by atoms with van der Waals surface area (Å²) in [5.41, 5.74) is 6.35. The van der Waals surface area contributed by atoms with E-state index in [-0.39, 0.29) is 35.9 Å². The second kappa shape index (κ2) is 7.05. The Labute approximate surface area is 148 Å². The Morgan fingerprint density at radius 1 is 1.20 bits per heavy atom. The molecule has 1 aromatic heterocycles. The van der Waals surface area contributed by atoms with Gasteiger partial charge in [-0.05, 0) is 33.1 Å². The van der Waals surface area contributed by atoms with E-state index in [4.69, 9.17) is 10.3 Å². The predicted molar refractivity (Wildman–Crippen MR) is 91.2 cm³/mol. The first-order valence-corrected chi connectivity index (χ1v) is 10.2. The molecule has 2 heterocycles. The highest BCUT2D eigenvalue weighted by Crippen LogP contribution is 2.27. The number of sulfonamides is 1. The molecule has 1 saturated carbocycles. The average Bonchev–Trinajstić information content (AvgIpc) is 2.93. The number of carbonyl (C=O) groups excluding carboxylic acids is 1. The van der Waals surface area contributed by atoms with Gasteiger partial charge in [0.2, 0.25) is 15.9 Å². The van der Waals surface area contributed by atoms with E-state index in [2.05, 4.69) is 5.16 Å². The quantitative estimate of drug-likeness (QED) is 0.836. The number of rotatable bonds is 3. The maximum atomic E-state index is 12.8. The third-order valence-corrected chi connectivity index (χ3v) is 7.32. The SMILES string of the molecule is Cc1noc(C)c1S(=O)(=O)N1CCN(C(=O)C2CCCC(N)C2)CC1. The fourth-order valence-electron chi connectivity index (χ4n) is 3.83. The summed E-state index contributed by atoms with van der Waals surface area (Å²) in [5.74, 6) is 0.395. The van der Waals surface area contributed by atoms with Crippen molar-refractivity contribution in [1.82, 2.24) is 14.4 Å². The summed E-state index contributed by atoms with van der Waals surface area (Å²) < 4.78 is 32.0. The molecule has 1 saturated heterocycles. The Morgan fingerprint density at radius 3 is 2.44 bits per heavy atom. The molecule has 2 fully saturated rings. The molecular formula is C16H26N4O4S. The van der Waals surface area contributed by atoms with Crippen molar-refractivity contribution in [1.29, 1.82) is 0 Å². The van der Waals surface area contributed by atoms with Crippen LogP contribution in [-0.2, 0) is 14.8 Å². The molecular weight excluding hydrogens is 344 g/mol. The minimum Gasteiger partial charge on any atom is -0.360 e. The van der Waals surface area contributed by atoms with Crippen molar-refractivity contribution in [2.45, 2.75) is 50.5 Å². The smallest absolute Gasteiger partial charge is 0.248 e. The fraction of sp³-hybridized carbons (Fsp3) is 0.750. The van der Waals surface area contributed by atoms with Crippen LogP contribution in [-0.4, -0.2) is 60.9 Å². The number of aryl methyl sites for hydroxylation is 2. The molecule has 1 amide bonds. The maximum Gasteiger partial charge on any atom is 0.248 e. The molecule has 0 radical (unpaired) electrons. The summed E-state index contributed by atoms with van der Waals surface area (Å²) in [4.78, 5) is 14.6. The highest BCUT2D eigenvalue weighted by atomic mass is 32.2. The molecule has 1 aliphatic heterocycles. The van der Waals surface area contributed by atoms with E-state index >= 15 is 0 Å². The second-order valence-electron chi connectivity index (χ2n) is 7.01. The molecule has 1 aromatic rings. The first-order valence-electron chi connectivity index (χ1n) is 8.78. The van der Waals surface area contributed by atoms with Gasteiger partial charge < -0.3 is 15.2 Å². The van der Waals surface area contributed by atoms with Gasteiger partial charge in [-0.3, -0.25) is 4.79 Å². The molecule has 0 bridgehead atoms. The van der Waals surface area contributed by atoms with Gasteiger partial charge in [-0.25, -0.2) is 8.42 Å². The Kier molecular flexibility index (Phi) is 5.17. The summed E-state index contributed by atoms with van der Waals surface area (Å²) in [6, 6.07) is 0.101. The summed E-state index contributed by atoms with van der Waals surface area (Å²) in [5, 5.41) is 3.73. The molecule has 3 rings (SSSR count). The number of hydrogen-bond acceptors (Lipinski definition) is 6. The van der Waals surface area contributed by atoms with Crippen molar-refractivity contribution in [3.05, 3.63) is 11.5 Å². The van der Waals surface area contributed by atoms with Crippen molar-refractivity contribution >= 4 is 15.9 Å². The molecule has 2 N–H and O–H groups in total. The van der Waals surface area contributed by atoms with Gasteiger partial charge in [0.15, 0.2) is 5.76 Å². The largest absolute Gasteiger partial charge is 0.360 e. The number of carbonyl (C=O) groups is 1. The molecule has 2 unspecified atom stereocenters. The van der Waals surface area contributed by atoms with Gasteiger partial charge >= 0.3 is 0 Å². The maximum absolute atomic E-state index is 12.8. The van der Waals surface area contributed by atoms with Crippen LogP contribution in [0.3, 0.4) is 0 Å². The molecule has 2 atom stereocenters. The van der Waals surface area contributed by atoms with E-state index in [9.17, 15) is 13.2 Å². The van der Waals surface area contributed by atoms with Crippen LogP contribution in [0.15, 0.2) is 9.42 Å². The minimum absolute atomic E-state index is 0.0190. The number of nitrogens with zero attached hydrogens (tertiary/aromatic N) is 3. The summed E-state index contributed by atoms with van der Waals surface area (Å²) in [6.07, 6.45) is 3.58. The van der Waals surface area contributed by atoms with Gasteiger partial charge in [0.25, 0.3) is 0 Å². The predicted octanol–water partition coefficient (Wildman–Crippen LogP) is 0.642. The van der Waals surface area contributed by atoms with Crippen molar-refractivity contribution in [3.63, 3.8) is 0 Å². The monoisotopic (exact) mass is 370 g/mol. The van der Waals surface area contributed by atoms with Crippen molar-refractivity contribution in [2.75, 3.05) is 26.2 Å². The Balaban J connectivity index is 1.65. The van der Waals surface area contributed by atoms with E-state index in [1.54, 1.807) is 18.7 Å². The van der Waals surface area contributed by atoms with Gasteiger partial charge in [-0.15, -0.1) is 0 Å². The van der Waals surface area contributed by atoms with E-state index in [0.29, 0.717) is 24.5 Å². The lowest BCUT2D eigenvalue weighted by Crippen LogP contribution is -2.52. The summed E-state index contributed by atoms with van der Waals surface area (Å²) >= 11 is 0. The lowest BCUT2D eigenvalue weighted by atomic mass is 9.85. The van der Waals surface area contributed by atoms with E-state index in [0.717, 1.165) is 25.7 Å². The third-order valence-electron chi connectivity index (χ3n) is 5.18. The van der Waals surface area contributed by atoms with Gasteiger partial charge in [0.1, 0.15) is 10.6 Å². The molecule has 1 aliphatic carbocycles. The summed E-state index contributed by atoms with van der Waals surface area (Å²) in [6.45, 7) is 4.61. The van der Waals surface area contributed by atoms with Crippen LogP contribution in [0.1, 0.15) is 37.1 Å². The van der Waals surface area contributed by atoms with E-state index in [1.165, 1.54) is 4.31 Å². The van der Waals surface area contributed by atoms with E-state index < -0.39 is 10.0 Å². The molecule has 9 heteroatoms. The Hall–Kier alpha value is -1.45. The zero-order valence-electron chi connectivity index (χ0n) is 14.8.